The lowest BCUT2D eigenvalue weighted by Crippen LogP contribution is -2.02. The summed E-state index contributed by atoms with van der Waals surface area (Å²) in [4.78, 5) is 0. The van der Waals surface area contributed by atoms with Crippen LogP contribution in [-0.2, 0) is 0 Å². The van der Waals surface area contributed by atoms with Gasteiger partial charge in [-0.2, -0.15) is 0 Å². The van der Waals surface area contributed by atoms with E-state index in [0.29, 0.717) is 22.4 Å². The Bertz CT molecular complexity index is 617. The zero-order valence-electron chi connectivity index (χ0n) is 11.6. The molecule has 20 heavy (non-hydrogen) atoms. The maximum atomic E-state index is 13.6. The van der Waals surface area contributed by atoms with Gasteiger partial charge in [-0.05, 0) is 64.2 Å². The number of aryl methyl sites for hydroxylation is 2. The van der Waals surface area contributed by atoms with Gasteiger partial charge in [-0.3, -0.25) is 0 Å². The van der Waals surface area contributed by atoms with E-state index in [0.717, 1.165) is 10.0 Å². The van der Waals surface area contributed by atoms with Crippen LogP contribution < -0.4 is 4.74 Å². The highest BCUT2D eigenvalue weighted by molar-refractivity contribution is 9.10. The lowest BCUT2D eigenvalue weighted by atomic mass is 9.97. The number of rotatable bonds is 3. The average molecular weight is 339 g/mol. The topological polar surface area (TPSA) is 29.5 Å². The normalized spacial score (nSPS) is 12.3. The van der Waals surface area contributed by atoms with Crippen molar-refractivity contribution in [2.24, 2.45) is 0 Å². The van der Waals surface area contributed by atoms with E-state index in [1.807, 2.05) is 0 Å². The Balaban J connectivity index is 2.41. The summed E-state index contributed by atoms with van der Waals surface area (Å²) >= 11 is 3.39. The molecule has 2 nitrogen and oxygen atoms in total. The van der Waals surface area contributed by atoms with Crippen molar-refractivity contribution in [3.63, 3.8) is 0 Å². The van der Waals surface area contributed by atoms with Gasteiger partial charge in [0.15, 0.2) is 0 Å². The number of ether oxygens (including phenoxy) is 1. The molecule has 2 aromatic carbocycles. The molecule has 0 spiro atoms. The fourth-order valence-corrected chi connectivity index (χ4v) is 2.74. The van der Waals surface area contributed by atoms with E-state index in [-0.39, 0.29) is 5.82 Å². The summed E-state index contributed by atoms with van der Waals surface area (Å²) in [6.07, 6.45) is -0.796. The van der Waals surface area contributed by atoms with Gasteiger partial charge in [0, 0.05) is 0 Å². The third-order valence-corrected chi connectivity index (χ3v) is 3.89. The van der Waals surface area contributed by atoms with Crippen LogP contribution in [0.1, 0.15) is 28.4 Å². The second kappa shape index (κ2) is 5.94. The molecular formula is C16H16BrFO2. The molecule has 0 aliphatic carbocycles. The van der Waals surface area contributed by atoms with Gasteiger partial charge in [0.25, 0.3) is 0 Å². The third kappa shape index (κ3) is 2.86. The van der Waals surface area contributed by atoms with Crippen LogP contribution in [-0.4, -0.2) is 12.2 Å². The minimum absolute atomic E-state index is 0.225. The Kier molecular flexibility index (Phi) is 4.45. The van der Waals surface area contributed by atoms with Crippen molar-refractivity contribution in [2.45, 2.75) is 20.0 Å². The van der Waals surface area contributed by atoms with Crippen LogP contribution in [0.5, 0.6) is 5.75 Å². The van der Waals surface area contributed by atoms with Crippen LogP contribution in [0.4, 0.5) is 4.39 Å². The van der Waals surface area contributed by atoms with Gasteiger partial charge in [-0.1, -0.05) is 18.2 Å². The predicted molar refractivity (Wildman–Crippen MR) is 80.6 cm³/mol. The fourth-order valence-electron chi connectivity index (χ4n) is 2.18. The van der Waals surface area contributed by atoms with Gasteiger partial charge < -0.3 is 9.84 Å². The van der Waals surface area contributed by atoms with Crippen molar-refractivity contribution >= 4 is 15.9 Å². The van der Waals surface area contributed by atoms with E-state index in [4.69, 9.17) is 4.74 Å². The Morgan fingerprint density at radius 1 is 1.10 bits per heavy atom. The largest absolute Gasteiger partial charge is 0.496 e. The van der Waals surface area contributed by atoms with E-state index in [2.05, 4.69) is 15.9 Å². The number of hydrogen-bond acceptors (Lipinski definition) is 2. The number of halogens is 2. The van der Waals surface area contributed by atoms with Crippen LogP contribution in [0.25, 0.3) is 0 Å². The second-order valence-corrected chi connectivity index (χ2v) is 5.62. The van der Waals surface area contributed by atoms with E-state index in [9.17, 15) is 9.50 Å². The van der Waals surface area contributed by atoms with Crippen molar-refractivity contribution in [3.05, 3.63) is 62.9 Å². The molecule has 1 N–H and O–H groups in total. The molecule has 0 saturated heterocycles. The van der Waals surface area contributed by atoms with Crippen LogP contribution in [0.3, 0.4) is 0 Å². The Morgan fingerprint density at radius 2 is 1.70 bits per heavy atom. The molecule has 0 aromatic heterocycles. The average Bonchev–Trinajstić information content (AvgIpc) is 2.43. The summed E-state index contributed by atoms with van der Waals surface area (Å²) in [5, 5.41) is 10.4. The Morgan fingerprint density at radius 3 is 2.20 bits per heavy atom. The highest BCUT2D eigenvalue weighted by Gasteiger charge is 2.15. The van der Waals surface area contributed by atoms with Crippen molar-refractivity contribution in [1.82, 2.24) is 0 Å². The molecule has 106 valence electrons. The summed E-state index contributed by atoms with van der Waals surface area (Å²) in [5.41, 5.74) is 2.47. The minimum Gasteiger partial charge on any atom is -0.496 e. The van der Waals surface area contributed by atoms with Crippen LogP contribution in [0, 0.1) is 19.7 Å². The predicted octanol–water partition coefficient (Wildman–Crippen LogP) is 4.30. The fraction of sp³-hybridized carbons (Fsp3) is 0.250. The molecule has 1 atom stereocenters. The van der Waals surface area contributed by atoms with E-state index < -0.39 is 6.10 Å². The number of hydrogen-bond donors (Lipinski definition) is 1. The molecule has 0 heterocycles. The first kappa shape index (κ1) is 15.0. The standard InChI is InChI=1S/C16H16BrFO2/c1-9-6-12(7-10(2)15(9)18)16(19)11-4-5-14(20-3)13(17)8-11/h4-8,16,19H,1-3H3. The van der Waals surface area contributed by atoms with Gasteiger partial charge in [0.2, 0.25) is 0 Å². The molecule has 4 heteroatoms. The highest BCUT2D eigenvalue weighted by atomic mass is 79.9. The van der Waals surface area contributed by atoms with Crippen LogP contribution >= 0.6 is 15.9 Å². The number of aliphatic hydroxyl groups excluding tert-OH is 1. The van der Waals surface area contributed by atoms with E-state index in [1.54, 1.807) is 51.3 Å². The van der Waals surface area contributed by atoms with Crippen molar-refractivity contribution in [2.75, 3.05) is 7.11 Å². The summed E-state index contributed by atoms with van der Waals surface area (Å²) in [7, 11) is 1.59. The van der Waals surface area contributed by atoms with Gasteiger partial charge in [-0.25, -0.2) is 4.39 Å². The van der Waals surface area contributed by atoms with E-state index in [1.165, 1.54) is 0 Å². The molecule has 2 aromatic rings. The summed E-state index contributed by atoms with van der Waals surface area (Å²) < 4.78 is 19.6. The maximum Gasteiger partial charge on any atom is 0.133 e. The van der Waals surface area contributed by atoms with Gasteiger partial charge in [0.05, 0.1) is 11.6 Å². The molecule has 2 rings (SSSR count). The zero-order valence-corrected chi connectivity index (χ0v) is 13.2. The molecule has 0 aliphatic rings. The monoisotopic (exact) mass is 338 g/mol. The highest BCUT2D eigenvalue weighted by Crippen LogP contribution is 2.31. The number of methoxy groups -OCH3 is 1. The minimum atomic E-state index is -0.796. The smallest absolute Gasteiger partial charge is 0.133 e. The molecule has 0 aliphatic heterocycles. The van der Waals surface area contributed by atoms with Gasteiger partial charge in [-0.15, -0.1) is 0 Å². The first-order valence-electron chi connectivity index (χ1n) is 6.22. The summed E-state index contributed by atoms with van der Waals surface area (Å²) in [6.45, 7) is 3.39. The molecule has 0 saturated carbocycles. The Labute approximate surface area is 126 Å². The van der Waals surface area contributed by atoms with E-state index >= 15 is 0 Å². The first-order chi connectivity index (χ1) is 9.43. The number of benzene rings is 2. The molecule has 0 amide bonds. The molecule has 0 bridgehead atoms. The van der Waals surface area contributed by atoms with Crippen molar-refractivity contribution in [3.8, 4) is 5.75 Å². The summed E-state index contributed by atoms with van der Waals surface area (Å²) in [6, 6.07) is 8.72. The molecule has 1 unspecified atom stereocenters. The lowest BCUT2D eigenvalue weighted by Gasteiger charge is -2.15. The Hall–Kier alpha value is -1.39. The molecular weight excluding hydrogens is 323 g/mol. The number of aliphatic hydroxyl groups is 1. The summed E-state index contributed by atoms with van der Waals surface area (Å²) in [5.74, 6) is 0.476. The van der Waals surface area contributed by atoms with Crippen molar-refractivity contribution in [1.29, 1.82) is 0 Å². The van der Waals surface area contributed by atoms with Crippen LogP contribution in [0.15, 0.2) is 34.8 Å². The SMILES string of the molecule is COc1ccc(C(O)c2cc(C)c(F)c(C)c2)cc1Br. The zero-order chi connectivity index (χ0) is 14.9. The lowest BCUT2D eigenvalue weighted by molar-refractivity contribution is 0.220. The van der Waals surface area contributed by atoms with Crippen LogP contribution in [0.2, 0.25) is 0 Å². The molecule has 0 fully saturated rings. The van der Waals surface area contributed by atoms with Crippen molar-refractivity contribution < 1.29 is 14.2 Å². The van der Waals surface area contributed by atoms with Gasteiger partial charge in [0.1, 0.15) is 17.7 Å². The quantitative estimate of drug-likeness (QED) is 0.904. The molecule has 0 radical (unpaired) electrons. The third-order valence-electron chi connectivity index (χ3n) is 3.27. The first-order valence-corrected chi connectivity index (χ1v) is 7.01. The maximum absolute atomic E-state index is 13.6. The second-order valence-electron chi connectivity index (χ2n) is 4.77. The van der Waals surface area contributed by atoms with Gasteiger partial charge >= 0.3 is 0 Å².